The van der Waals surface area contributed by atoms with E-state index < -0.39 is 5.97 Å². The Bertz CT molecular complexity index is 285. The van der Waals surface area contributed by atoms with Crippen molar-refractivity contribution >= 4 is 17.6 Å². The smallest absolute Gasteiger partial charge is 0.322 e. The number of carboxylic acid groups (broad SMARTS) is 1. The normalized spacial score (nSPS) is 9.31. The number of carboxylic acids is 1. The highest BCUT2D eigenvalue weighted by Crippen LogP contribution is 2.02. The van der Waals surface area contributed by atoms with Gasteiger partial charge in [-0.1, -0.05) is 0 Å². The molecule has 1 aromatic heterocycles. The maximum atomic E-state index is 10.2. The fourth-order valence-corrected chi connectivity index (χ4v) is 0.715. The van der Waals surface area contributed by atoms with Gasteiger partial charge < -0.3 is 15.7 Å². The number of aromatic nitrogens is 2. The van der Waals surface area contributed by atoms with Crippen molar-refractivity contribution < 1.29 is 9.90 Å². The summed E-state index contributed by atoms with van der Waals surface area (Å²) in [6.45, 7) is -0.159. The summed E-state index contributed by atoms with van der Waals surface area (Å²) < 4.78 is 0. The van der Waals surface area contributed by atoms with Gasteiger partial charge in [-0.2, -0.15) is 0 Å². The molecule has 0 fully saturated rings. The highest BCUT2D eigenvalue weighted by atomic mass is 16.4. The van der Waals surface area contributed by atoms with Crippen molar-refractivity contribution in [2.45, 2.75) is 0 Å². The average Bonchev–Trinajstić information content (AvgIpc) is 2.15. The number of hydrogen-bond donors (Lipinski definition) is 3. The molecule has 0 aliphatic carbocycles. The van der Waals surface area contributed by atoms with Crippen LogP contribution < -0.4 is 10.6 Å². The quantitative estimate of drug-likeness (QED) is 0.608. The van der Waals surface area contributed by atoms with Crippen molar-refractivity contribution in [3.05, 3.63) is 12.4 Å². The lowest BCUT2D eigenvalue weighted by atomic mass is 10.5. The second-order valence-corrected chi connectivity index (χ2v) is 2.28. The first-order valence-electron chi connectivity index (χ1n) is 3.68. The van der Waals surface area contributed by atoms with Crippen molar-refractivity contribution in [3.63, 3.8) is 0 Å². The van der Waals surface area contributed by atoms with Crippen LogP contribution in [0.4, 0.5) is 11.6 Å². The molecule has 0 aliphatic heterocycles. The van der Waals surface area contributed by atoms with Crippen LogP contribution in [0, 0.1) is 0 Å². The SMILES string of the molecule is CNc1cnc(NCC(=O)O)cn1. The zero-order chi connectivity index (χ0) is 9.68. The van der Waals surface area contributed by atoms with Gasteiger partial charge in [0, 0.05) is 7.05 Å². The Hall–Kier alpha value is -1.85. The van der Waals surface area contributed by atoms with Crippen LogP contribution in [0.15, 0.2) is 12.4 Å². The molecular weight excluding hydrogens is 172 g/mol. The van der Waals surface area contributed by atoms with Crippen molar-refractivity contribution in [1.82, 2.24) is 9.97 Å². The van der Waals surface area contributed by atoms with Crippen LogP contribution in [0.5, 0.6) is 0 Å². The number of nitrogens with zero attached hydrogens (tertiary/aromatic N) is 2. The third-order valence-electron chi connectivity index (χ3n) is 1.33. The van der Waals surface area contributed by atoms with Gasteiger partial charge in [-0.3, -0.25) is 4.79 Å². The molecule has 0 radical (unpaired) electrons. The fourth-order valence-electron chi connectivity index (χ4n) is 0.715. The van der Waals surface area contributed by atoms with E-state index in [1.165, 1.54) is 12.4 Å². The Morgan fingerprint density at radius 1 is 1.46 bits per heavy atom. The predicted octanol–water partition coefficient (Wildman–Crippen LogP) is 0.0148. The fraction of sp³-hybridized carbons (Fsp3) is 0.286. The molecule has 0 saturated heterocycles. The van der Waals surface area contributed by atoms with Crippen LogP contribution in [0.1, 0.15) is 0 Å². The van der Waals surface area contributed by atoms with E-state index in [1.54, 1.807) is 7.05 Å². The van der Waals surface area contributed by atoms with E-state index in [9.17, 15) is 4.79 Å². The lowest BCUT2D eigenvalue weighted by molar-refractivity contribution is -0.134. The Balaban J connectivity index is 2.54. The van der Waals surface area contributed by atoms with E-state index in [1.807, 2.05) is 0 Å². The molecule has 6 heteroatoms. The second-order valence-electron chi connectivity index (χ2n) is 2.28. The van der Waals surface area contributed by atoms with Crippen LogP contribution in [-0.4, -0.2) is 34.6 Å². The first kappa shape index (κ1) is 9.24. The van der Waals surface area contributed by atoms with Gasteiger partial charge in [0.1, 0.15) is 18.2 Å². The monoisotopic (exact) mass is 182 g/mol. The highest BCUT2D eigenvalue weighted by Gasteiger charge is 1.98. The van der Waals surface area contributed by atoms with E-state index in [-0.39, 0.29) is 6.54 Å². The number of hydrogen-bond acceptors (Lipinski definition) is 5. The number of rotatable bonds is 4. The Morgan fingerprint density at radius 3 is 2.54 bits per heavy atom. The van der Waals surface area contributed by atoms with Crippen molar-refractivity contribution in [2.75, 3.05) is 24.2 Å². The van der Waals surface area contributed by atoms with E-state index in [0.29, 0.717) is 11.6 Å². The molecule has 0 bridgehead atoms. The van der Waals surface area contributed by atoms with Crippen LogP contribution >= 0.6 is 0 Å². The van der Waals surface area contributed by atoms with Gasteiger partial charge in [-0.25, -0.2) is 9.97 Å². The Kier molecular flexibility index (Phi) is 3.02. The third-order valence-corrected chi connectivity index (χ3v) is 1.33. The molecule has 0 aliphatic rings. The molecule has 13 heavy (non-hydrogen) atoms. The molecule has 6 nitrogen and oxygen atoms in total. The first-order valence-corrected chi connectivity index (χ1v) is 3.68. The van der Waals surface area contributed by atoms with Gasteiger partial charge in [0.2, 0.25) is 0 Å². The topological polar surface area (TPSA) is 87.1 Å². The molecule has 0 spiro atoms. The Morgan fingerprint density at radius 2 is 2.08 bits per heavy atom. The summed E-state index contributed by atoms with van der Waals surface area (Å²) >= 11 is 0. The number of carbonyl (C=O) groups is 1. The molecule has 1 aromatic rings. The Labute approximate surface area is 75.0 Å². The predicted molar refractivity (Wildman–Crippen MR) is 47.7 cm³/mol. The second kappa shape index (κ2) is 4.24. The van der Waals surface area contributed by atoms with E-state index in [4.69, 9.17) is 5.11 Å². The molecule has 70 valence electrons. The molecule has 0 unspecified atom stereocenters. The lowest BCUT2D eigenvalue weighted by Gasteiger charge is -2.02. The van der Waals surface area contributed by atoms with Crippen molar-refractivity contribution in [3.8, 4) is 0 Å². The van der Waals surface area contributed by atoms with Gasteiger partial charge in [0.05, 0.1) is 12.4 Å². The minimum atomic E-state index is -0.931. The summed E-state index contributed by atoms with van der Waals surface area (Å²) in [5.41, 5.74) is 0. The molecule has 0 aromatic carbocycles. The van der Waals surface area contributed by atoms with Gasteiger partial charge >= 0.3 is 5.97 Å². The summed E-state index contributed by atoms with van der Waals surface area (Å²) in [6, 6.07) is 0. The molecule has 1 heterocycles. The minimum absolute atomic E-state index is 0.159. The average molecular weight is 182 g/mol. The van der Waals surface area contributed by atoms with E-state index >= 15 is 0 Å². The number of aliphatic carboxylic acids is 1. The lowest BCUT2D eigenvalue weighted by Crippen LogP contribution is -2.13. The zero-order valence-corrected chi connectivity index (χ0v) is 7.11. The summed E-state index contributed by atoms with van der Waals surface area (Å²) in [5, 5.41) is 13.7. The van der Waals surface area contributed by atoms with Crippen LogP contribution in [0.3, 0.4) is 0 Å². The largest absolute Gasteiger partial charge is 0.480 e. The number of nitrogens with one attached hydrogen (secondary N) is 2. The molecule has 0 atom stereocenters. The summed E-state index contributed by atoms with van der Waals surface area (Å²) in [7, 11) is 1.73. The highest BCUT2D eigenvalue weighted by molar-refractivity contribution is 5.72. The van der Waals surface area contributed by atoms with Crippen molar-refractivity contribution in [1.29, 1.82) is 0 Å². The summed E-state index contributed by atoms with van der Waals surface area (Å²) in [4.78, 5) is 18.0. The van der Waals surface area contributed by atoms with E-state index in [2.05, 4.69) is 20.6 Å². The third kappa shape index (κ3) is 2.94. The zero-order valence-electron chi connectivity index (χ0n) is 7.11. The standard InChI is InChI=1S/C7H10N4O2/c1-8-5-2-10-6(3-9-5)11-4-7(12)13/h2-3H,4H2,1H3,(H,8,9)(H,10,11)(H,12,13). The molecule has 1 rings (SSSR count). The van der Waals surface area contributed by atoms with Gasteiger partial charge in [-0.15, -0.1) is 0 Å². The van der Waals surface area contributed by atoms with Crippen LogP contribution in [0.25, 0.3) is 0 Å². The summed E-state index contributed by atoms with van der Waals surface area (Å²) in [5.74, 6) is 0.154. The van der Waals surface area contributed by atoms with Crippen LogP contribution in [-0.2, 0) is 4.79 Å². The minimum Gasteiger partial charge on any atom is -0.480 e. The van der Waals surface area contributed by atoms with Gasteiger partial charge in [0.25, 0.3) is 0 Å². The number of anilines is 2. The first-order chi connectivity index (χ1) is 6.22. The van der Waals surface area contributed by atoms with Gasteiger partial charge in [0.15, 0.2) is 0 Å². The molecule has 0 amide bonds. The molecular formula is C7H10N4O2. The van der Waals surface area contributed by atoms with Gasteiger partial charge in [-0.05, 0) is 0 Å². The molecule has 3 N–H and O–H groups in total. The maximum absolute atomic E-state index is 10.2. The molecule has 0 saturated carbocycles. The maximum Gasteiger partial charge on any atom is 0.322 e. The van der Waals surface area contributed by atoms with E-state index in [0.717, 1.165) is 0 Å². The summed E-state index contributed by atoms with van der Waals surface area (Å²) in [6.07, 6.45) is 2.99. The van der Waals surface area contributed by atoms with Crippen molar-refractivity contribution in [2.24, 2.45) is 0 Å². The van der Waals surface area contributed by atoms with Crippen LogP contribution in [0.2, 0.25) is 0 Å².